The molecule has 1 atom stereocenters. The van der Waals surface area contributed by atoms with Gasteiger partial charge in [-0.2, -0.15) is 0 Å². The number of rotatable bonds is 3. The lowest BCUT2D eigenvalue weighted by molar-refractivity contribution is -0.135. The standard InChI is InChI=1S/C15H28N2O2/c1-11(2)14(16)15(18)17-7-3-12(4-8-17)13-5-9-19-10-6-13/h11-14H,3-10,16H2,1-2H3/t14-/m0/s1. The predicted octanol–water partition coefficient (Wildman–Crippen LogP) is 1.63. The molecule has 0 bridgehead atoms. The van der Waals surface area contributed by atoms with Gasteiger partial charge >= 0.3 is 0 Å². The third-order valence-corrected chi connectivity index (χ3v) is 4.79. The Morgan fingerprint density at radius 1 is 1.11 bits per heavy atom. The summed E-state index contributed by atoms with van der Waals surface area (Å²) in [4.78, 5) is 14.2. The van der Waals surface area contributed by atoms with Crippen molar-refractivity contribution in [2.24, 2.45) is 23.5 Å². The average molecular weight is 268 g/mol. The van der Waals surface area contributed by atoms with Crippen molar-refractivity contribution in [3.8, 4) is 0 Å². The predicted molar refractivity (Wildman–Crippen MR) is 75.7 cm³/mol. The Kier molecular flexibility index (Phi) is 5.22. The van der Waals surface area contributed by atoms with Gasteiger partial charge in [0.2, 0.25) is 5.91 Å². The van der Waals surface area contributed by atoms with Gasteiger partial charge in [-0.15, -0.1) is 0 Å². The van der Waals surface area contributed by atoms with E-state index >= 15 is 0 Å². The molecule has 0 aliphatic carbocycles. The Morgan fingerprint density at radius 2 is 1.63 bits per heavy atom. The molecule has 0 unspecified atom stereocenters. The maximum Gasteiger partial charge on any atom is 0.239 e. The molecule has 0 aromatic heterocycles. The van der Waals surface area contributed by atoms with E-state index in [1.54, 1.807) is 0 Å². The minimum atomic E-state index is -0.334. The van der Waals surface area contributed by atoms with E-state index in [0.717, 1.165) is 51.0 Å². The van der Waals surface area contributed by atoms with Gasteiger partial charge < -0.3 is 15.4 Å². The molecule has 0 radical (unpaired) electrons. The Morgan fingerprint density at radius 3 is 2.16 bits per heavy atom. The zero-order chi connectivity index (χ0) is 13.8. The van der Waals surface area contributed by atoms with Gasteiger partial charge in [-0.3, -0.25) is 4.79 Å². The summed E-state index contributed by atoms with van der Waals surface area (Å²) in [5, 5.41) is 0. The molecule has 2 saturated heterocycles. The van der Waals surface area contributed by atoms with Crippen LogP contribution in [0, 0.1) is 17.8 Å². The lowest BCUT2D eigenvalue weighted by atomic mass is 9.80. The van der Waals surface area contributed by atoms with Gasteiger partial charge in [0.1, 0.15) is 0 Å². The fourth-order valence-corrected chi connectivity index (χ4v) is 3.27. The molecule has 2 rings (SSSR count). The van der Waals surface area contributed by atoms with Gasteiger partial charge in [-0.05, 0) is 43.4 Å². The number of carbonyl (C=O) groups is 1. The molecule has 19 heavy (non-hydrogen) atoms. The van der Waals surface area contributed by atoms with Crippen molar-refractivity contribution in [3.63, 3.8) is 0 Å². The molecule has 4 nitrogen and oxygen atoms in total. The van der Waals surface area contributed by atoms with Crippen LogP contribution in [-0.4, -0.2) is 43.2 Å². The quantitative estimate of drug-likeness (QED) is 0.846. The lowest BCUT2D eigenvalue weighted by Gasteiger charge is -2.38. The first-order valence-electron chi connectivity index (χ1n) is 7.71. The van der Waals surface area contributed by atoms with Crippen LogP contribution >= 0.6 is 0 Å². The van der Waals surface area contributed by atoms with E-state index in [9.17, 15) is 4.79 Å². The molecular weight excluding hydrogens is 240 g/mol. The summed E-state index contributed by atoms with van der Waals surface area (Å²) in [6, 6.07) is -0.334. The van der Waals surface area contributed by atoms with Crippen molar-refractivity contribution < 1.29 is 9.53 Å². The van der Waals surface area contributed by atoms with Crippen molar-refractivity contribution in [1.82, 2.24) is 4.90 Å². The second kappa shape index (κ2) is 6.71. The molecule has 0 aromatic carbocycles. The maximum absolute atomic E-state index is 12.2. The van der Waals surface area contributed by atoms with E-state index in [-0.39, 0.29) is 17.9 Å². The maximum atomic E-state index is 12.2. The third kappa shape index (κ3) is 3.69. The Labute approximate surface area is 116 Å². The number of nitrogens with two attached hydrogens (primary N) is 1. The number of hydrogen-bond donors (Lipinski definition) is 1. The summed E-state index contributed by atoms with van der Waals surface area (Å²) in [5.41, 5.74) is 5.96. The molecule has 0 saturated carbocycles. The minimum absolute atomic E-state index is 0.139. The molecule has 0 spiro atoms. The van der Waals surface area contributed by atoms with Gasteiger partial charge in [0.05, 0.1) is 6.04 Å². The van der Waals surface area contributed by atoms with Crippen LogP contribution in [-0.2, 0) is 9.53 Å². The molecule has 2 fully saturated rings. The summed E-state index contributed by atoms with van der Waals surface area (Å²) in [6.07, 6.45) is 4.68. The Bertz CT molecular complexity index is 293. The second-order valence-electron chi connectivity index (χ2n) is 6.38. The summed E-state index contributed by atoms with van der Waals surface area (Å²) in [6.45, 7) is 7.64. The van der Waals surface area contributed by atoms with Crippen molar-refractivity contribution in [3.05, 3.63) is 0 Å². The lowest BCUT2D eigenvalue weighted by Crippen LogP contribution is -2.49. The Balaban J connectivity index is 1.80. The van der Waals surface area contributed by atoms with Crippen LogP contribution in [0.25, 0.3) is 0 Å². The number of nitrogens with zero attached hydrogens (tertiary/aromatic N) is 1. The zero-order valence-corrected chi connectivity index (χ0v) is 12.3. The van der Waals surface area contributed by atoms with Crippen LogP contribution in [0.5, 0.6) is 0 Å². The first-order valence-corrected chi connectivity index (χ1v) is 7.71. The first-order chi connectivity index (χ1) is 9.09. The smallest absolute Gasteiger partial charge is 0.239 e. The molecule has 110 valence electrons. The van der Waals surface area contributed by atoms with Crippen molar-refractivity contribution in [2.75, 3.05) is 26.3 Å². The van der Waals surface area contributed by atoms with Gasteiger partial charge in [0, 0.05) is 26.3 Å². The van der Waals surface area contributed by atoms with Crippen molar-refractivity contribution >= 4 is 5.91 Å². The fraction of sp³-hybridized carbons (Fsp3) is 0.933. The largest absolute Gasteiger partial charge is 0.381 e. The van der Waals surface area contributed by atoms with Gasteiger partial charge in [0.15, 0.2) is 0 Å². The highest BCUT2D eigenvalue weighted by atomic mass is 16.5. The molecule has 1 amide bonds. The zero-order valence-electron chi connectivity index (χ0n) is 12.3. The van der Waals surface area contributed by atoms with E-state index in [1.807, 2.05) is 18.7 Å². The highest BCUT2D eigenvalue weighted by molar-refractivity contribution is 5.82. The molecule has 4 heteroatoms. The molecule has 2 heterocycles. The highest BCUT2D eigenvalue weighted by Crippen LogP contribution is 2.31. The van der Waals surface area contributed by atoms with Gasteiger partial charge in [0.25, 0.3) is 0 Å². The van der Waals surface area contributed by atoms with Crippen LogP contribution in [0.4, 0.5) is 0 Å². The average Bonchev–Trinajstić information content (AvgIpc) is 2.46. The van der Waals surface area contributed by atoms with Crippen molar-refractivity contribution in [2.45, 2.75) is 45.6 Å². The summed E-state index contributed by atoms with van der Waals surface area (Å²) < 4.78 is 5.43. The molecule has 2 N–H and O–H groups in total. The summed E-state index contributed by atoms with van der Waals surface area (Å²) in [7, 11) is 0. The highest BCUT2D eigenvalue weighted by Gasteiger charge is 2.31. The summed E-state index contributed by atoms with van der Waals surface area (Å²) >= 11 is 0. The number of amides is 1. The molecule has 0 aromatic rings. The van der Waals surface area contributed by atoms with Gasteiger partial charge in [-0.25, -0.2) is 0 Å². The first kappa shape index (κ1) is 14.8. The van der Waals surface area contributed by atoms with E-state index < -0.39 is 0 Å². The van der Waals surface area contributed by atoms with Crippen LogP contribution in [0.15, 0.2) is 0 Å². The Hall–Kier alpha value is -0.610. The number of hydrogen-bond acceptors (Lipinski definition) is 3. The third-order valence-electron chi connectivity index (χ3n) is 4.79. The van der Waals surface area contributed by atoms with E-state index in [1.165, 1.54) is 12.8 Å². The van der Waals surface area contributed by atoms with Crippen LogP contribution in [0.3, 0.4) is 0 Å². The SMILES string of the molecule is CC(C)[C@H](N)C(=O)N1CCC(C2CCOCC2)CC1. The normalized spacial score (nSPS) is 24.7. The minimum Gasteiger partial charge on any atom is -0.381 e. The number of likely N-dealkylation sites (tertiary alicyclic amines) is 1. The van der Waals surface area contributed by atoms with Crippen LogP contribution in [0.2, 0.25) is 0 Å². The van der Waals surface area contributed by atoms with E-state index in [2.05, 4.69) is 0 Å². The van der Waals surface area contributed by atoms with Crippen molar-refractivity contribution in [1.29, 1.82) is 0 Å². The van der Waals surface area contributed by atoms with E-state index in [4.69, 9.17) is 10.5 Å². The van der Waals surface area contributed by atoms with E-state index in [0.29, 0.717) is 0 Å². The monoisotopic (exact) mass is 268 g/mol. The second-order valence-corrected chi connectivity index (χ2v) is 6.38. The number of ether oxygens (including phenoxy) is 1. The summed E-state index contributed by atoms with van der Waals surface area (Å²) in [5.74, 6) is 1.95. The topological polar surface area (TPSA) is 55.6 Å². The van der Waals surface area contributed by atoms with Gasteiger partial charge in [-0.1, -0.05) is 13.8 Å². The number of carbonyl (C=O) groups excluding carboxylic acids is 1. The van der Waals surface area contributed by atoms with Crippen LogP contribution < -0.4 is 5.73 Å². The molecular formula is C15H28N2O2. The fourth-order valence-electron chi connectivity index (χ4n) is 3.27. The molecule has 2 aliphatic heterocycles. The van der Waals surface area contributed by atoms with Crippen LogP contribution in [0.1, 0.15) is 39.5 Å². The number of piperidine rings is 1. The molecule has 2 aliphatic rings.